The van der Waals surface area contributed by atoms with Crippen molar-refractivity contribution in [3.8, 4) is 0 Å². The molecule has 0 unspecified atom stereocenters. The van der Waals surface area contributed by atoms with E-state index < -0.39 is 6.09 Å². The minimum atomic E-state index is -0.874. The van der Waals surface area contributed by atoms with Gasteiger partial charge in [-0.05, 0) is 48.1 Å². The predicted octanol–water partition coefficient (Wildman–Crippen LogP) is 3.83. The fourth-order valence-corrected chi connectivity index (χ4v) is 3.75. The highest BCUT2D eigenvalue weighted by atomic mass is 16.4. The molecule has 0 radical (unpaired) electrons. The lowest BCUT2D eigenvalue weighted by Gasteiger charge is -2.30. The Morgan fingerprint density at radius 2 is 1.72 bits per heavy atom. The molecule has 0 aliphatic carbocycles. The van der Waals surface area contributed by atoms with E-state index in [0.29, 0.717) is 35.9 Å². The predicted molar refractivity (Wildman–Crippen MR) is 122 cm³/mol. The number of piperidine rings is 1. The molecule has 3 aromatic rings. The summed E-state index contributed by atoms with van der Waals surface area (Å²) in [7, 11) is 0. The molecular formula is C23H28N6O3. The van der Waals surface area contributed by atoms with Crippen molar-refractivity contribution < 1.29 is 14.7 Å². The van der Waals surface area contributed by atoms with Crippen LogP contribution in [0.4, 0.5) is 16.4 Å². The maximum atomic E-state index is 12.6. The van der Waals surface area contributed by atoms with Crippen LogP contribution in [-0.4, -0.2) is 55.7 Å². The highest BCUT2D eigenvalue weighted by Crippen LogP contribution is 2.22. The zero-order valence-corrected chi connectivity index (χ0v) is 18.5. The Bertz CT molecular complexity index is 1120. The number of likely N-dealkylation sites (tertiary alicyclic amines) is 1. The van der Waals surface area contributed by atoms with Crippen LogP contribution in [0.1, 0.15) is 49.5 Å². The van der Waals surface area contributed by atoms with Crippen molar-refractivity contribution in [3.63, 3.8) is 0 Å². The third kappa shape index (κ3) is 4.82. The largest absolute Gasteiger partial charge is 0.465 e. The molecule has 1 aliphatic rings. The van der Waals surface area contributed by atoms with E-state index in [4.69, 9.17) is 5.11 Å². The number of anilines is 2. The van der Waals surface area contributed by atoms with Crippen LogP contribution in [-0.2, 0) is 5.41 Å². The molecule has 1 fully saturated rings. The molecule has 0 atom stereocenters. The SMILES string of the molecule is CC(C)(C)c1ccc(C(=O)Nc2cn3nc(NC4CCN(C(=O)O)CC4)ccc3n2)cc1. The van der Waals surface area contributed by atoms with Crippen molar-refractivity contribution in [2.75, 3.05) is 23.7 Å². The lowest BCUT2D eigenvalue weighted by atomic mass is 9.87. The molecule has 1 saturated heterocycles. The standard InChI is InChI=1S/C23H28N6O3/c1-23(2,3)16-6-4-15(5-7-16)21(30)26-19-14-29-20(25-19)9-8-18(27-29)24-17-10-12-28(13-11-17)22(31)32/h4-9,14,17H,10-13H2,1-3H3,(H,24,27)(H,26,30)(H,31,32). The summed E-state index contributed by atoms with van der Waals surface area (Å²) in [4.78, 5) is 29.5. The number of imidazole rings is 1. The summed E-state index contributed by atoms with van der Waals surface area (Å²) in [5.41, 5.74) is 2.38. The summed E-state index contributed by atoms with van der Waals surface area (Å²) in [6.07, 6.45) is 2.26. The van der Waals surface area contributed by atoms with Gasteiger partial charge in [0.1, 0.15) is 5.82 Å². The van der Waals surface area contributed by atoms with E-state index in [2.05, 4.69) is 41.5 Å². The summed E-state index contributed by atoms with van der Waals surface area (Å²) in [6, 6.07) is 11.4. The summed E-state index contributed by atoms with van der Waals surface area (Å²) in [6.45, 7) is 7.41. The smallest absolute Gasteiger partial charge is 0.407 e. The maximum Gasteiger partial charge on any atom is 0.407 e. The number of hydrogen-bond acceptors (Lipinski definition) is 5. The van der Waals surface area contributed by atoms with Crippen LogP contribution in [0.2, 0.25) is 0 Å². The lowest BCUT2D eigenvalue weighted by molar-refractivity contribution is 0.102. The fraction of sp³-hybridized carbons (Fsp3) is 0.391. The third-order valence-electron chi connectivity index (χ3n) is 5.69. The molecule has 4 rings (SSSR count). The topological polar surface area (TPSA) is 112 Å². The molecule has 2 aromatic heterocycles. The molecule has 0 spiro atoms. The molecule has 9 heteroatoms. The van der Waals surface area contributed by atoms with E-state index in [9.17, 15) is 9.59 Å². The highest BCUT2D eigenvalue weighted by molar-refractivity contribution is 6.03. The van der Waals surface area contributed by atoms with E-state index in [1.807, 2.05) is 36.4 Å². The molecule has 1 aromatic carbocycles. The Morgan fingerprint density at radius 3 is 2.34 bits per heavy atom. The second-order valence-electron chi connectivity index (χ2n) is 9.12. The first-order valence-corrected chi connectivity index (χ1v) is 10.7. The first kappa shape index (κ1) is 21.6. The van der Waals surface area contributed by atoms with Gasteiger partial charge >= 0.3 is 6.09 Å². The monoisotopic (exact) mass is 436 g/mol. The van der Waals surface area contributed by atoms with Crippen LogP contribution in [0.3, 0.4) is 0 Å². The number of rotatable bonds is 4. The van der Waals surface area contributed by atoms with Gasteiger partial charge in [-0.3, -0.25) is 4.79 Å². The Kier molecular flexibility index (Phi) is 5.73. The van der Waals surface area contributed by atoms with Gasteiger partial charge in [0.25, 0.3) is 5.91 Å². The quantitative estimate of drug-likeness (QED) is 0.573. The third-order valence-corrected chi connectivity index (χ3v) is 5.69. The average molecular weight is 437 g/mol. The Hall–Kier alpha value is -3.62. The molecular weight excluding hydrogens is 408 g/mol. The van der Waals surface area contributed by atoms with E-state index >= 15 is 0 Å². The summed E-state index contributed by atoms with van der Waals surface area (Å²) in [5.74, 6) is 0.881. The van der Waals surface area contributed by atoms with Gasteiger partial charge in [0.2, 0.25) is 0 Å². The van der Waals surface area contributed by atoms with Crippen LogP contribution in [0.25, 0.3) is 5.65 Å². The maximum absolute atomic E-state index is 12.6. The Morgan fingerprint density at radius 1 is 1.03 bits per heavy atom. The second kappa shape index (κ2) is 8.49. The van der Waals surface area contributed by atoms with Crippen LogP contribution in [0.15, 0.2) is 42.6 Å². The summed E-state index contributed by atoms with van der Waals surface area (Å²) in [5, 5.41) is 19.8. The van der Waals surface area contributed by atoms with E-state index in [0.717, 1.165) is 12.8 Å². The van der Waals surface area contributed by atoms with Gasteiger partial charge in [0.05, 0.1) is 6.20 Å². The van der Waals surface area contributed by atoms with Gasteiger partial charge in [-0.15, -0.1) is 5.10 Å². The number of nitrogens with one attached hydrogen (secondary N) is 2. The number of carbonyl (C=O) groups excluding carboxylic acids is 1. The van der Waals surface area contributed by atoms with E-state index in [1.165, 1.54) is 10.5 Å². The minimum absolute atomic E-state index is 0.0291. The first-order chi connectivity index (χ1) is 15.2. The van der Waals surface area contributed by atoms with Crippen LogP contribution < -0.4 is 10.6 Å². The molecule has 32 heavy (non-hydrogen) atoms. The zero-order valence-electron chi connectivity index (χ0n) is 18.5. The number of nitrogens with zero attached hydrogens (tertiary/aromatic N) is 4. The number of hydrogen-bond donors (Lipinski definition) is 3. The van der Waals surface area contributed by atoms with Gasteiger partial charge in [0.15, 0.2) is 11.5 Å². The molecule has 0 saturated carbocycles. The molecule has 3 N–H and O–H groups in total. The zero-order chi connectivity index (χ0) is 22.9. The van der Waals surface area contributed by atoms with Crippen molar-refractivity contribution in [1.29, 1.82) is 0 Å². The van der Waals surface area contributed by atoms with Crippen molar-refractivity contribution in [3.05, 3.63) is 53.7 Å². The normalized spacial score (nSPS) is 15.0. The molecule has 3 heterocycles. The highest BCUT2D eigenvalue weighted by Gasteiger charge is 2.22. The fourth-order valence-electron chi connectivity index (χ4n) is 3.75. The molecule has 1 aliphatic heterocycles. The number of carbonyl (C=O) groups is 2. The number of fused-ring (bicyclic) bond motifs is 1. The van der Waals surface area contributed by atoms with Gasteiger partial charge in [-0.2, -0.15) is 0 Å². The Balaban J connectivity index is 1.40. The lowest BCUT2D eigenvalue weighted by Crippen LogP contribution is -2.41. The Labute approximate surface area is 186 Å². The number of amides is 2. The first-order valence-electron chi connectivity index (χ1n) is 10.7. The minimum Gasteiger partial charge on any atom is -0.465 e. The van der Waals surface area contributed by atoms with E-state index in [-0.39, 0.29) is 17.4 Å². The van der Waals surface area contributed by atoms with Gasteiger partial charge in [-0.1, -0.05) is 32.9 Å². The van der Waals surface area contributed by atoms with E-state index in [1.54, 1.807) is 10.7 Å². The number of benzene rings is 1. The molecule has 2 amide bonds. The van der Waals surface area contributed by atoms with Crippen LogP contribution >= 0.6 is 0 Å². The second-order valence-corrected chi connectivity index (χ2v) is 9.12. The van der Waals surface area contributed by atoms with Crippen molar-refractivity contribution >= 4 is 29.3 Å². The van der Waals surface area contributed by atoms with Crippen molar-refractivity contribution in [2.45, 2.75) is 45.1 Å². The van der Waals surface area contributed by atoms with Gasteiger partial charge in [0, 0.05) is 24.7 Å². The summed E-state index contributed by atoms with van der Waals surface area (Å²) >= 11 is 0. The molecule has 168 valence electrons. The van der Waals surface area contributed by atoms with Crippen molar-refractivity contribution in [1.82, 2.24) is 19.5 Å². The summed E-state index contributed by atoms with van der Waals surface area (Å²) < 4.78 is 1.62. The van der Waals surface area contributed by atoms with Gasteiger partial charge < -0.3 is 20.6 Å². The van der Waals surface area contributed by atoms with Gasteiger partial charge in [-0.25, -0.2) is 14.3 Å². The van der Waals surface area contributed by atoms with Crippen LogP contribution in [0.5, 0.6) is 0 Å². The van der Waals surface area contributed by atoms with Crippen molar-refractivity contribution in [2.24, 2.45) is 0 Å². The molecule has 9 nitrogen and oxygen atoms in total. The number of carboxylic acid groups (broad SMARTS) is 1. The average Bonchev–Trinajstić information content (AvgIpc) is 3.15. The number of aromatic nitrogens is 3. The molecule has 0 bridgehead atoms. The van der Waals surface area contributed by atoms with Crippen LogP contribution in [0, 0.1) is 0 Å².